The van der Waals surface area contributed by atoms with E-state index >= 15 is 0 Å². The van der Waals surface area contributed by atoms with Crippen LogP contribution in [0.5, 0.6) is 0 Å². The van der Waals surface area contributed by atoms with Crippen LogP contribution >= 0.6 is 0 Å². The van der Waals surface area contributed by atoms with Crippen LogP contribution in [0.1, 0.15) is 34.5 Å². The number of aryl methyl sites for hydroxylation is 2. The molecule has 3 aliphatic rings. The molecule has 1 aromatic carbocycles. The third kappa shape index (κ3) is 3.41. The first kappa shape index (κ1) is 19.0. The molecule has 0 aliphatic carbocycles. The molecule has 5 rings (SSSR count). The molecule has 28 heavy (non-hydrogen) atoms. The van der Waals surface area contributed by atoms with E-state index in [9.17, 15) is 9.59 Å². The number of fused-ring (bicyclic) bond motifs is 5. The number of nitrogens with one attached hydrogen (secondary N) is 1. The van der Waals surface area contributed by atoms with Gasteiger partial charge in [0.1, 0.15) is 0 Å². The van der Waals surface area contributed by atoms with Crippen LogP contribution in [0.3, 0.4) is 0 Å². The highest BCUT2D eigenvalue weighted by molar-refractivity contribution is 5.99. The molecule has 1 N–H and O–H groups in total. The van der Waals surface area contributed by atoms with Gasteiger partial charge in [0.05, 0.1) is 6.54 Å². The van der Waals surface area contributed by atoms with Crippen LogP contribution in [0.4, 0.5) is 0 Å². The maximum absolute atomic E-state index is 13.4. The minimum atomic E-state index is 0.121. The highest BCUT2D eigenvalue weighted by Gasteiger charge is 2.38. The molecule has 0 spiro atoms. The molecule has 6 nitrogen and oxygen atoms in total. The summed E-state index contributed by atoms with van der Waals surface area (Å²) in [4.78, 5) is 34.8. The van der Waals surface area contributed by atoms with Gasteiger partial charge in [-0.3, -0.25) is 14.5 Å². The normalized spacial score (nSPS) is 22.5. The van der Waals surface area contributed by atoms with Gasteiger partial charge in [0.25, 0.3) is 5.91 Å². The Hall–Kier alpha value is -2.34. The second kappa shape index (κ2) is 7.24. The van der Waals surface area contributed by atoms with Crippen molar-refractivity contribution in [3.63, 3.8) is 0 Å². The van der Waals surface area contributed by atoms with Crippen molar-refractivity contribution in [3.8, 4) is 0 Å². The Bertz CT molecular complexity index is 917. The van der Waals surface area contributed by atoms with Gasteiger partial charge < -0.3 is 14.8 Å². The van der Waals surface area contributed by atoms with Crippen LogP contribution in [-0.2, 0) is 4.79 Å². The molecule has 2 bridgehead atoms. The van der Waals surface area contributed by atoms with E-state index in [1.807, 2.05) is 18.2 Å². The molecule has 1 aromatic heterocycles. The number of hydrogen-bond donors (Lipinski definition) is 1. The zero-order chi connectivity index (χ0) is 20.0. The first-order chi connectivity index (χ1) is 13.3. The van der Waals surface area contributed by atoms with Crippen molar-refractivity contribution in [3.05, 3.63) is 35.0 Å². The minimum absolute atomic E-state index is 0.121. The summed E-state index contributed by atoms with van der Waals surface area (Å²) in [5, 5.41) is 1.13. The number of rotatable bonds is 3. The van der Waals surface area contributed by atoms with Crippen LogP contribution in [0.25, 0.3) is 10.9 Å². The Morgan fingerprint density at radius 1 is 1.14 bits per heavy atom. The van der Waals surface area contributed by atoms with Gasteiger partial charge in [-0.05, 0) is 56.4 Å². The van der Waals surface area contributed by atoms with Gasteiger partial charge in [-0.2, -0.15) is 0 Å². The summed E-state index contributed by atoms with van der Waals surface area (Å²) in [7, 11) is 3.59. The highest BCUT2D eigenvalue weighted by Crippen LogP contribution is 2.30. The number of amides is 2. The zero-order valence-electron chi connectivity index (χ0n) is 17.3. The SMILES string of the molecule is Cc1[nH]c2ccc(C(=O)N3CC4CCC3CN(CC(=O)N(C)C)C4)cc2c1C. The number of likely N-dealkylation sites (N-methyl/N-ethyl adjacent to an activating group) is 1. The topological polar surface area (TPSA) is 59.7 Å². The second-order valence-electron chi connectivity index (χ2n) is 8.67. The predicted octanol–water partition coefficient (Wildman–Crippen LogP) is 2.41. The highest BCUT2D eigenvalue weighted by atomic mass is 16.2. The molecular weight excluding hydrogens is 352 g/mol. The van der Waals surface area contributed by atoms with E-state index in [-0.39, 0.29) is 17.9 Å². The lowest BCUT2D eigenvalue weighted by Gasteiger charge is -2.36. The van der Waals surface area contributed by atoms with E-state index in [1.165, 1.54) is 5.56 Å². The molecule has 2 unspecified atom stereocenters. The first-order valence-electron chi connectivity index (χ1n) is 10.2. The Morgan fingerprint density at radius 2 is 1.93 bits per heavy atom. The van der Waals surface area contributed by atoms with E-state index in [0.29, 0.717) is 12.5 Å². The van der Waals surface area contributed by atoms with Gasteiger partial charge in [0.15, 0.2) is 0 Å². The number of carbonyl (C=O) groups is 2. The predicted molar refractivity (Wildman–Crippen MR) is 110 cm³/mol. The second-order valence-corrected chi connectivity index (χ2v) is 8.67. The van der Waals surface area contributed by atoms with Crippen LogP contribution in [0.15, 0.2) is 18.2 Å². The number of aromatic amines is 1. The van der Waals surface area contributed by atoms with Crippen molar-refractivity contribution in [2.24, 2.45) is 5.92 Å². The fourth-order valence-electron chi connectivity index (χ4n) is 4.65. The molecule has 4 heterocycles. The summed E-state index contributed by atoms with van der Waals surface area (Å²) >= 11 is 0. The molecule has 0 radical (unpaired) electrons. The Balaban J connectivity index is 1.55. The molecule has 2 atom stereocenters. The van der Waals surface area contributed by atoms with Crippen LogP contribution < -0.4 is 0 Å². The average molecular weight is 383 g/mol. The molecular formula is C22H30N4O2. The number of hydrogen-bond acceptors (Lipinski definition) is 3. The van der Waals surface area contributed by atoms with E-state index < -0.39 is 0 Å². The summed E-state index contributed by atoms with van der Waals surface area (Å²) < 4.78 is 0. The standard InChI is InChI=1S/C22H30N4O2/c1-14-15(2)23-20-8-6-17(9-19(14)20)22(28)26-11-16-5-7-18(26)12-25(10-16)13-21(27)24(3)4/h6,8-9,16,18,23H,5,7,10-13H2,1-4H3. The number of nitrogens with zero attached hydrogens (tertiary/aromatic N) is 3. The van der Waals surface area contributed by atoms with Gasteiger partial charge in [-0.25, -0.2) is 0 Å². The molecule has 6 heteroatoms. The lowest BCUT2D eigenvalue weighted by atomic mass is 9.94. The van der Waals surface area contributed by atoms with Crippen molar-refractivity contribution >= 4 is 22.7 Å². The van der Waals surface area contributed by atoms with Crippen molar-refractivity contribution < 1.29 is 9.59 Å². The molecule has 3 fully saturated rings. The van der Waals surface area contributed by atoms with Crippen molar-refractivity contribution in [2.75, 3.05) is 40.3 Å². The van der Waals surface area contributed by atoms with Crippen molar-refractivity contribution in [1.29, 1.82) is 0 Å². The van der Waals surface area contributed by atoms with Crippen molar-refractivity contribution in [1.82, 2.24) is 19.7 Å². The first-order valence-corrected chi connectivity index (χ1v) is 10.2. The maximum atomic E-state index is 13.4. The van der Waals surface area contributed by atoms with Crippen LogP contribution in [-0.4, -0.2) is 77.8 Å². The number of carbonyl (C=O) groups excluding carboxylic acids is 2. The van der Waals surface area contributed by atoms with E-state index in [2.05, 4.69) is 28.6 Å². The van der Waals surface area contributed by atoms with Gasteiger partial charge >= 0.3 is 0 Å². The molecule has 3 saturated heterocycles. The lowest BCUT2D eigenvalue weighted by Crippen LogP contribution is -2.47. The summed E-state index contributed by atoms with van der Waals surface area (Å²) in [6.07, 6.45) is 2.16. The number of H-pyrrole nitrogens is 1. The summed E-state index contributed by atoms with van der Waals surface area (Å²) in [5.74, 6) is 0.691. The smallest absolute Gasteiger partial charge is 0.254 e. The van der Waals surface area contributed by atoms with Crippen LogP contribution in [0.2, 0.25) is 0 Å². The van der Waals surface area contributed by atoms with Gasteiger partial charge in [0.2, 0.25) is 5.91 Å². The molecule has 3 aliphatic heterocycles. The van der Waals surface area contributed by atoms with E-state index in [1.54, 1.807) is 19.0 Å². The number of piperidine rings is 1. The summed E-state index contributed by atoms with van der Waals surface area (Å²) in [5.41, 5.74) is 4.19. The molecule has 2 aromatic rings. The Labute approximate surface area is 166 Å². The third-order valence-electron chi connectivity index (χ3n) is 6.46. The largest absolute Gasteiger partial charge is 0.358 e. The van der Waals surface area contributed by atoms with Gasteiger partial charge in [-0.1, -0.05) is 0 Å². The molecule has 0 saturated carbocycles. The quantitative estimate of drug-likeness (QED) is 0.887. The van der Waals surface area contributed by atoms with Gasteiger partial charge in [-0.15, -0.1) is 0 Å². The van der Waals surface area contributed by atoms with Crippen molar-refractivity contribution in [2.45, 2.75) is 32.7 Å². The summed E-state index contributed by atoms with van der Waals surface area (Å²) in [6.45, 7) is 7.07. The maximum Gasteiger partial charge on any atom is 0.254 e. The zero-order valence-corrected chi connectivity index (χ0v) is 17.3. The average Bonchev–Trinajstić information content (AvgIpc) is 2.83. The fourth-order valence-corrected chi connectivity index (χ4v) is 4.65. The van der Waals surface area contributed by atoms with E-state index in [4.69, 9.17) is 0 Å². The minimum Gasteiger partial charge on any atom is -0.358 e. The molecule has 2 amide bonds. The fraction of sp³-hybridized carbons (Fsp3) is 0.545. The molecule has 150 valence electrons. The monoisotopic (exact) mass is 382 g/mol. The third-order valence-corrected chi connectivity index (χ3v) is 6.46. The summed E-state index contributed by atoms with van der Waals surface area (Å²) in [6, 6.07) is 6.17. The van der Waals surface area contributed by atoms with Gasteiger partial charge in [0, 0.05) is 61.9 Å². The Morgan fingerprint density at radius 3 is 2.68 bits per heavy atom. The van der Waals surface area contributed by atoms with Crippen LogP contribution in [0, 0.1) is 19.8 Å². The lowest BCUT2D eigenvalue weighted by molar-refractivity contribution is -0.129. The van der Waals surface area contributed by atoms with E-state index in [0.717, 1.165) is 54.6 Å². The number of aromatic nitrogens is 1. The number of benzene rings is 1. The Kier molecular flexibility index (Phi) is 4.91.